The molecule has 1 aromatic heterocycles. The zero-order valence-corrected chi connectivity index (χ0v) is 51.4. The van der Waals surface area contributed by atoms with Crippen molar-refractivity contribution in [2.24, 2.45) is 9.54 Å². The minimum absolute atomic E-state index is 0.0266. The van der Waals surface area contributed by atoms with E-state index in [4.69, 9.17) is 19.3 Å². The molecule has 4 saturated heterocycles. The zero-order chi connectivity index (χ0) is 60.3. The van der Waals surface area contributed by atoms with Crippen molar-refractivity contribution >= 4 is 76.4 Å². The highest BCUT2D eigenvalue weighted by Gasteiger charge is 2.33. The molecule has 0 atom stereocenters. The number of amides is 2. The Kier molecular flexibility index (Phi) is 28.5. The standard InChI is InChI=1S/C12H25N3O4S.C12H19N3O4S.C10H18N2O5S.C7H17N3O2S.C5H9NO/c2*1-12(2,3)19-11(16)13-20(17,18)15-8-6-10(7-9-15)14(4)5;1-10(2,3)17-9(14)11-18(15,16)12-6-4-8(13)5-7-12;1-9(2)7-3-5-10(6-4-7)13(8,11)12;7-5-1-3-6-4-2-5/h10H,6-9H2,1-5H3,(H,13,16);6-9H,1-5H3;4-7H2,1-3H3,(H,11,14);7H,3-6H2,1-2H3,(H2,8,11,12);6H,1-4H2. The van der Waals surface area contributed by atoms with Crippen molar-refractivity contribution in [3.8, 4) is 0 Å². The van der Waals surface area contributed by atoms with Gasteiger partial charge in [0.05, 0.1) is 0 Å². The average molecular weight is 1190 g/mol. The highest BCUT2D eigenvalue weighted by molar-refractivity contribution is 7.88. The van der Waals surface area contributed by atoms with Crippen LogP contribution in [0.25, 0.3) is 0 Å². The Balaban J connectivity index is 0.000000502. The molecule has 452 valence electrons. The number of carbonyl (C=O) groups is 4. The van der Waals surface area contributed by atoms with Gasteiger partial charge in [-0.1, -0.05) is 29.1 Å². The van der Waals surface area contributed by atoms with Crippen molar-refractivity contribution in [3.63, 3.8) is 0 Å². The van der Waals surface area contributed by atoms with Crippen LogP contribution >= 0.6 is 0 Å². The van der Waals surface area contributed by atoms with Gasteiger partial charge >= 0.3 is 42.8 Å². The van der Waals surface area contributed by atoms with Gasteiger partial charge in [-0.2, -0.15) is 38.2 Å². The molecule has 4 aliphatic rings. The second-order valence-electron chi connectivity index (χ2n) is 22.0. The number of nitrogens with zero attached hydrogens (tertiary/aromatic N) is 8. The first-order valence-corrected chi connectivity index (χ1v) is 31.0. The third-order valence-corrected chi connectivity index (χ3v) is 16.3. The monoisotopic (exact) mass is 1190 g/mol. The van der Waals surface area contributed by atoms with Gasteiger partial charge in [-0.15, -0.1) is 8.42 Å². The van der Waals surface area contributed by atoms with E-state index in [1.165, 1.54) is 21.0 Å². The number of nitrogens with two attached hydrogens (primary N) is 1. The van der Waals surface area contributed by atoms with Gasteiger partial charge in [0.2, 0.25) is 0 Å². The van der Waals surface area contributed by atoms with Crippen LogP contribution in [0.4, 0.5) is 15.3 Å². The van der Waals surface area contributed by atoms with Crippen LogP contribution in [-0.2, 0) is 64.6 Å². The molecule has 0 aliphatic carbocycles. The van der Waals surface area contributed by atoms with Crippen LogP contribution in [0.5, 0.6) is 0 Å². The highest BCUT2D eigenvalue weighted by atomic mass is 32.2. The van der Waals surface area contributed by atoms with E-state index in [1.807, 2.05) is 56.6 Å². The molecule has 0 radical (unpaired) electrons. The Morgan fingerprint density at radius 2 is 0.962 bits per heavy atom. The molecular weight excluding hydrogens is 1100 g/mol. The number of aromatic nitrogens is 1. The number of ketones is 2. The van der Waals surface area contributed by atoms with Gasteiger partial charge < -0.3 is 39.3 Å². The zero-order valence-electron chi connectivity index (χ0n) is 48.1. The third-order valence-electron chi connectivity index (χ3n) is 11.2. The molecule has 5 heterocycles. The first-order valence-electron chi connectivity index (χ1n) is 25.2. The van der Waals surface area contributed by atoms with E-state index in [-0.39, 0.29) is 31.7 Å². The van der Waals surface area contributed by atoms with Gasteiger partial charge in [-0.05, 0) is 95.4 Å². The lowest BCUT2D eigenvalue weighted by molar-refractivity contribution is -0.511. The molecule has 0 spiro atoms. The van der Waals surface area contributed by atoms with E-state index < -0.39 is 75.9 Å². The molecule has 5 N–H and O–H groups in total. The van der Waals surface area contributed by atoms with E-state index >= 15 is 0 Å². The molecule has 0 unspecified atom stereocenters. The van der Waals surface area contributed by atoms with Crippen molar-refractivity contribution in [1.29, 1.82) is 0 Å². The Morgan fingerprint density at radius 1 is 0.615 bits per heavy atom. The van der Waals surface area contributed by atoms with Crippen molar-refractivity contribution in [3.05, 3.63) is 24.5 Å². The summed E-state index contributed by atoms with van der Waals surface area (Å²) >= 11 is 0. The summed E-state index contributed by atoms with van der Waals surface area (Å²) in [6.07, 6.45) is 4.60. The Morgan fingerprint density at radius 3 is 1.27 bits per heavy atom. The van der Waals surface area contributed by atoms with Gasteiger partial charge in [0.1, 0.15) is 22.8 Å². The molecule has 2 amide bonds. The van der Waals surface area contributed by atoms with Gasteiger partial charge in [0.25, 0.3) is 10.2 Å². The molecule has 0 saturated carbocycles. The predicted molar refractivity (Wildman–Crippen MR) is 293 cm³/mol. The third kappa shape index (κ3) is 29.7. The Bertz CT molecular complexity index is 2550. The molecule has 5 rings (SSSR count). The number of rotatable bonds is 10. The lowest BCUT2D eigenvalue weighted by atomic mass is 10.1. The molecule has 28 nitrogen and oxygen atoms in total. The van der Waals surface area contributed by atoms with Crippen molar-refractivity contribution in [2.75, 3.05) is 99.5 Å². The lowest BCUT2D eigenvalue weighted by Crippen LogP contribution is -2.50. The average Bonchev–Trinajstić information content (AvgIpc) is 3.27. The molecule has 0 aromatic carbocycles. The summed E-state index contributed by atoms with van der Waals surface area (Å²) < 4.78 is 119. The number of carbonyl (C=O) groups excluding carboxylic acids is 4. The van der Waals surface area contributed by atoms with Crippen LogP contribution in [0.2, 0.25) is 0 Å². The molecule has 32 heteroatoms. The summed E-state index contributed by atoms with van der Waals surface area (Å²) in [7, 11) is -3.67. The molecule has 4 fully saturated rings. The number of hydrogen-bond donors (Lipinski definition) is 4. The maximum atomic E-state index is 12.1. The predicted octanol–water partition coefficient (Wildman–Crippen LogP) is 0.0219. The van der Waals surface area contributed by atoms with E-state index in [0.717, 1.165) is 65.6 Å². The summed E-state index contributed by atoms with van der Waals surface area (Å²) in [6, 6.07) is 4.06. The largest absolute Gasteiger partial charge is 0.594 e. The fraction of sp³-hybridized carbons (Fsp3) is 0.783. The quantitative estimate of drug-likeness (QED) is 0.136. The fourth-order valence-electron chi connectivity index (χ4n) is 7.11. The number of Topliss-reactive ketones (excluding diaryl/α,β-unsaturated/α-hetero) is 2. The summed E-state index contributed by atoms with van der Waals surface area (Å²) in [5, 5.41) is 19.5. The van der Waals surface area contributed by atoms with E-state index in [9.17, 15) is 58.0 Å². The molecule has 4 aliphatic heterocycles. The fourth-order valence-corrected chi connectivity index (χ4v) is 10.7. The molecule has 1 aromatic rings. The first kappa shape index (κ1) is 71.6. The van der Waals surface area contributed by atoms with Crippen LogP contribution in [0, 0.1) is 0 Å². The van der Waals surface area contributed by atoms with Crippen LogP contribution in [-0.4, -0.2) is 210 Å². The number of pyridine rings is 1. The van der Waals surface area contributed by atoms with Crippen LogP contribution in [0.3, 0.4) is 0 Å². The number of piperidine rings is 4. The summed E-state index contributed by atoms with van der Waals surface area (Å²) in [5.41, 5.74) is -1.46. The van der Waals surface area contributed by atoms with E-state index in [0.29, 0.717) is 44.0 Å². The topological polar surface area (TPSA) is 353 Å². The summed E-state index contributed by atoms with van der Waals surface area (Å²) in [5.74, 6) is 0.428. The number of anilines is 1. The number of hydrogen-bond acceptors (Lipinski definition) is 20. The second-order valence-corrected chi connectivity index (χ2v) is 28.4. The molecule has 0 bridgehead atoms. The summed E-state index contributed by atoms with van der Waals surface area (Å²) in [4.78, 5) is 50.4. The minimum atomic E-state index is -4.13. The molecule has 78 heavy (non-hydrogen) atoms. The van der Waals surface area contributed by atoms with E-state index in [1.54, 1.807) is 74.4 Å². The lowest BCUT2D eigenvalue weighted by Gasteiger charge is -2.34. The Hall–Kier alpha value is -4.38. The van der Waals surface area contributed by atoms with E-state index in [2.05, 4.69) is 19.5 Å². The van der Waals surface area contributed by atoms with Gasteiger partial charge in [-0.25, -0.2) is 24.2 Å². The van der Waals surface area contributed by atoms with Crippen molar-refractivity contribution in [2.45, 2.75) is 143 Å². The van der Waals surface area contributed by atoms with Gasteiger partial charge in [0.15, 0.2) is 18.5 Å². The van der Waals surface area contributed by atoms with Crippen LogP contribution in [0.15, 0.2) is 28.9 Å². The van der Waals surface area contributed by atoms with Gasteiger partial charge in [-0.3, -0.25) is 9.59 Å². The number of nitrogens with one attached hydrogen (secondary N) is 3. The van der Waals surface area contributed by atoms with Crippen molar-refractivity contribution in [1.82, 2.24) is 37.5 Å². The maximum absolute atomic E-state index is 12.1. The summed E-state index contributed by atoms with van der Waals surface area (Å²) in [6.45, 7) is 18.7. The molecular formula is C46H88N12O16S4. The number of ether oxygens (including phenoxy) is 3. The van der Waals surface area contributed by atoms with Crippen LogP contribution < -0.4 is 33.9 Å². The van der Waals surface area contributed by atoms with Crippen molar-refractivity contribution < 1.29 is 76.1 Å². The highest BCUT2D eigenvalue weighted by Crippen LogP contribution is 2.18. The first-order chi connectivity index (χ1) is 35.4. The second kappa shape index (κ2) is 31.0. The smallest absolute Gasteiger partial charge is 0.493 e. The maximum Gasteiger partial charge on any atom is 0.493 e. The van der Waals surface area contributed by atoms with Crippen LogP contribution in [0.1, 0.15) is 114 Å². The Labute approximate surface area is 464 Å². The normalized spacial score (nSPS) is 18.3. The van der Waals surface area contributed by atoms with Gasteiger partial charge in [0, 0.05) is 128 Å². The SMILES string of the molecule is CC(C)(C)OC(=O)NS(=O)(=O)N1CCC(=O)CC1.CN(C)C1CCN(S(=O)(=O)NC(=O)OC(C)(C)C)CC1.CN(C)C1CCN(S(N)(=O)=O)CC1.CN(C)c1cc[n+](S(=O)(=O)N=C([O-])OC(C)(C)C)cc1.O=C1CCNCC1. The minimum Gasteiger partial charge on any atom is -0.594 e.